The van der Waals surface area contributed by atoms with Crippen LogP contribution in [0.25, 0.3) is 0 Å². The Kier molecular flexibility index (Phi) is 5.01. The largest absolute Gasteiger partial charge is 0.310 e. The molecule has 0 spiro atoms. The van der Waals surface area contributed by atoms with Crippen LogP contribution in [0.5, 0.6) is 0 Å². The third-order valence-electron chi connectivity index (χ3n) is 3.54. The van der Waals surface area contributed by atoms with Crippen LogP contribution in [0.3, 0.4) is 0 Å². The maximum atomic E-state index is 3.56. The van der Waals surface area contributed by atoms with Gasteiger partial charge in [0.25, 0.3) is 0 Å². The molecule has 1 aliphatic rings. The van der Waals surface area contributed by atoms with Crippen molar-refractivity contribution in [1.82, 2.24) is 10.2 Å². The summed E-state index contributed by atoms with van der Waals surface area (Å²) in [6.45, 7) is 9.21. The number of likely N-dealkylation sites (N-methyl/N-ethyl adjacent to an activating group) is 1. The molecule has 0 saturated heterocycles. The Balaban J connectivity index is 1.65. The van der Waals surface area contributed by atoms with Gasteiger partial charge in [0.1, 0.15) is 0 Å². The van der Waals surface area contributed by atoms with E-state index in [1.54, 1.807) is 0 Å². The summed E-state index contributed by atoms with van der Waals surface area (Å²) < 4.78 is 0. The molecule has 1 aromatic heterocycles. The van der Waals surface area contributed by atoms with Crippen LogP contribution in [-0.2, 0) is 6.54 Å². The maximum absolute atomic E-state index is 3.56. The van der Waals surface area contributed by atoms with Crippen molar-refractivity contribution in [2.45, 2.75) is 39.3 Å². The van der Waals surface area contributed by atoms with Crippen molar-refractivity contribution >= 4 is 11.3 Å². The Labute approximate surface area is 109 Å². The minimum Gasteiger partial charge on any atom is -0.310 e. The van der Waals surface area contributed by atoms with Crippen LogP contribution in [0.4, 0.5) is 0 Å². The molecule has 0 bridgehead atoms. The van der Waals surface area contributed by atoms with Gasteiger partial charge in [0, 0.05) is 30.6 Å². The van der Waals surface area contributed by atoms with Crippen molar-refractivity contribution in [3.63, 3.8) is 0 Å². The van der Waals surface area contributed by atoms with Crippen LogP contribution in [0.15, 0.2) is 17.5 Å². The molecule has 1 fully saturated rings. The molecule has 2 rings (SSSR count). The summed E-state index contributed by atoms with van der Waals surface area (Å²) in [5.74, 6) is 0.995. The third kappa shape index (κ3) is 4.41. The van der Waals surface area contributed by atoms with Crippen molar-refractivity contribution in [1.29, 1.82) is 0 Å². The van der Waals surface area contributed by atoms with Gasteiger partial charge in [-0.2, -0.15) is 0 Å². The molecule has 1 N–H and O–H groups in total. The molecule has 17 heavy (non-hydrogen) atoms. The molecule has 1 aromatic rings. The smallest absolute Gasteiger partial charge is 0.0300 e. The Morgan fingerprint density at radius 2 is 2.35 bits per heavy atom. The Bertz CT molecular complexity index is 306. The average molecular weight is 252 g/mol. The first-order valence-corrected chi connectivity index (χ1v) is 7.64. The predicted molar refractivity (Wildman–Crippen MR) is 75.5 cm³/mol. The van der Waals surface area contributed by atoms with Crippen LogP contribution in [0.2, 0.25) is 0 Å². The lowest BCUT2D eigenvalue weighted by molar-refractivity contribution is 0.206. The second kappa shape index (κ2) is 6.53. The summed E-state index contributed by atoms with van der Waals surface area (Å²) >= 11 is 1.83. The molecule has 0 amide bonds. The summed E-state index contributed by atoms with van der Waals surface area (Å²) in [6.07, 6.45) is 2.90. The SMILES string of the molecule is CCN(CC1CC1)C(C)CNCc1cccs1. The van der Waals surface area contributed by atoms with E-state index in [0.29, 0.717) is 6.04 Å². The molecule has 1 saturated carbocycles. The van der Waals surface area contributed by atoms with Gasteiger partial charge < -0.3 is 5.32 Å². The zero-order chi connectivity index (χ0) is 12.1. The quantitative estimate of drug-likeness (QED) is 0.765. The van der Waals surface area contributed by atoms with Gasteiger partial charge in [-0.15, -0.1) is 11.3 Å². The molecule has 1 heterocycles. The van der Waals surface area contributed by atoms with Crippen LogP contribution in [0.1, 0.15) is 31.6 Å². The summed E-state index contributed by atoms with van der Waals surface area (Å²) in [4.78, 5) is 4.04. The van der Waals surface area contributed by atoms with E-state index in [1.165, 1.54) is 30.8 Å². The molecule has 3 heteroatoms. The van der Waals surface area contributed by atoms with E-state index in [-0.39, 0.29) is 0 Å². The van der Waals surface area contributed by atoms with Crippen molar-refractivity contribution < 1.29 is 0 Å². The van der Waals surface area contributed by atoms with Crippen LogP contribution in [0, 0.1) is 5.92 Å². The fourth-order valence-corrected chi connectivity index (χ4v) is 2.87. The van der Waals surface area contributed by atoms with Crippen LogP contribution >= 0.6 is 11.3 Å². The second-order valence-corrected chi connectivity index (χ2v) is 6.12. The maximum Gasteiger partial charge on any atom is 0.0300 e. The number of nitrogens with one attached hydrogen (secondary N) is 1. The molecule has 96 valence electrons. The number of thiophene rings is 1. The van der Waals surface area contributed by atoms with Gasteiger partial charge in [-0.05, 0) is 43.7 Å². The first kappa shape index (κ1) is 13.1. The van der Waals surface area contributed by atoms with Crippen molar-refractivity contribution in [2.24, 2.45) is 5.92 Å². The first-order chi connectivity index (χ1) is 8.29. The molecule has 1 unspecified atom stereocenters. The monoisotopic (exact) mass is 252 g/mol. The Morgan fingerprint density at radius 3 is 2.94 bits per heavy atom. The highest BCUT2D eigenvalue weighted by atomic mass is 32.1. The summed E-state index contributed by atoms with van der Waals surface area (Å²) in [6, 6.07) is 4.97. The summed E-state index contributed by atoms with van der Waals surface area (Å²) in [5.41, 5.74) is 0. The standard InChI is InChI=1S/C14H24N2S/c1-3-16(11-13-6-7-13)12(2)9-15-10-14-5-4-8-17-14/h4-5,8,12-13,15H,3,6-7,9-11H2,1-2H3. The highest BCUT2D eigenvalue weighted by Crippen LogP contribution is 2.30. The van der Waals surface area contributed by atoms with Gasteiger partial charge in [0.05, 0.1) is 0 Å². The minimum atomic E-state index is 0.653. The van der Waals surface area contributed by atoms with Gasteiger partial charge in [0.2, 0.25) is 0 Å². The predicted octanol–water partition coefficient (Wildman–Crippen LogP) is 2.96. The second-order valence-electron chi connectivity index (χ2n) is 5.09. The average Bonchev–Trinajstić information content (AvgIpc) is 3.01. The lowest BCUT2D eigenvalue weighted by atomic mass is 10.2. The van der Waals surface area contributed by atoms with Crippen LogP contribution < -0.4 is 5.32 Å². The highest BCUT2D eigenvalue weighted by molar-refractivity contribution is 7.09. The van der Waals surface area contributed by atoms with Crippen molar-refractivity contribution in [3.05, 3.63) is 22.4 Å². The van der Waals surface area contributed by atoms with E-state index in [0.717, 1.165) is 19.0 Å². The molecule has 1 atom stereocenters. The minimum absolute atomic E-state index is 0.653. The van der Waals surface area contributed by atoms with E-state index in [2.05, 4.69) is 41.6 Å². The third-order valence-corrected chi connectivity index (χ3v) is 4.41. The fourth-order valence-electron chi connectivity index (χ4n) is 2.20. The van der Waals surface area contributed by atoms with E-state index in [9.17, 15) is 0 Å². The van der Waals surface area contributed by atoms with Crippen molar-refractivity contribution in [3.8, 4) is 0 Å². The van der Waals surface area contributed by atoms with E-state index in [1.807, 2.05) is 11.3 Å². The van der Waals surface area contributed by atoms with E-state index in [4.69, 9.17) is 0 Å². The van der Waals surface area contributed by atoms with E-state index >= 15 is 0 Å². The molecule has 0 radical (unpaired) electrons. The first-order valence-electron chi connectivity index (χ1n) is 6.76. The lowest BCUT2D eigenvalue weighted by Crippen LogP contribution is -2.41. The Hall–Kier alpha value is -0.380. The molecule has 1 aliphatic carbocycles. The Morgan fingerprint density at radius 1 is 1.53 bits per heavy atom. The van der Waals surface area contributed by atoms with Gasteiger partial charge in [-0.3, -0.25) is 4.90 Å². The summed E-state index contributed by atoms with van der Waals surface area (Å²) in [7, 11) is 0. The zero-order valence-electron chi connectivity index (χ0n) is 11.0. The van der Waals surface area contributed by atoms with Gasteiger partial charge in [-0.25, -0.2) is 0 Å². The van der Waals surface area contributed by atoms with Gasteiger partial charge in [0.15, 0.2) is 0 Å². The highest BCUT2D eigenvalue weighted by Gasteiger charge is 2.25. The van der Waals surface area contributed by atoms with Crippen molar-refractivity contribution in [2.75, 3.05) is 19.6 Å². The topological polar surface area (TPSA) is 15.3 Å². The molecule has 0 aliphatic heterocycles. The number of hydrogen-bond acceptors (Lipinski definition) is 3. The summed E-state index contributed by atoms with van der Waals surface area (Å²) in [5, 5.41) is 5.71. The molecule has 2 nitrogen and oxygen atoms in total. The molecular weight excluding hydrogens is 228 g/mol. The number of rotatable bonds is 8. The molecular formula is C14H24N2S. The van der Waals surface area contributed by atoms with Gasteiger partial charge >= 0.3 is 0 Å². The normalized spacial score (nSPS) is 17.6. The fraction of sp³-hybridized carbons (Fsp3) is 0.714. The van der Waals surface area contributed by atoms with E-state index < -0.39 is 0 Å². The number of nitrogens with zero attached hydrogens (tertiary/aromatic N) is 1. The lowest BCUT2D eigenvalue weighted by Gasteiger charge is -2.28. The van der Waals surface area contributed by atoms with Crippen LogP contribution in [-0.4, -0.2) is 30.6 Å². The van der Waals surface area contributed by atoms with Gasteiger partial charge in [-0.1, -0.05) is 13.0 Å². The zero-order valence-corrected chi connectivity index (χ0v) is 11.8. The number of hydrogen-bond donors (Lipinski definition) is 1. The molecule has 0 aromatic carbocycles.